The Morgan fingerprint density at radius 3 is 2.35 bits per heavy atom. The van der Waals surface area contributed by atoms with Crippen LogP contribution in [0.2, 0.25) is 0 Å². The molecule has 26 heavy (non-hydrogen) atoms. The largest absolute Gasteiger partial charge is 0.443 e. The zero-order valence-corrected chi connectivity index (χ0v) is 14.6. The van der Waals surface area contributed by atoms with Crippen molar-refractivity contribution in [1.82, 2.24) is 14.8 Å². The zero-order chi connectivity index (χ0) is 18.9. The van der Waals surface area contributed by atoms with E-state index in [1.807, 2.05) is 31.2 Å². The molecule has 0 N–H and O–H groups in total. The molecule has 0 saturated carbocycles. The second kappa shape index (κ2) is 7.11. The monoisotopic (exact) mass is 367 g/mol. The molecular weight excluding hydrogens is 347 g/mol. The van der Waals surface area contributed by atoms with Gasteiger partial charge in [0.25, 0.3) is 5.91 Å². The first-order chi connectivity index (χ1) is 12.3. The molecule has 2 aromatic rings. The topological polar surface area (TPSA) is 49.6 Å². The number of benzene rings is 1. The zero-order valence-electron chi connectivity index (χ0n) is 14.6. The van der Waals surface area contributed by atoms with E-state index < -0.39 is 12.2 Å². The Labute approximate surface area is 149 Å². The van der Waals surface area contributed by atoms with Crippen LogP contribution in [0.3, 0.4) is 0 Å². The Hall–Kier alpha value is -2.35. The number of amides is 1. The summed E-state index contributed by atoms with van der Waals surface area (Å²) in [7, 11) is 0. The van der Waals surface area contributed by atoms with Gasteiger partial charge in [0.1, 0.15) is 6.04 Å². The molecule has 1 unspecified atom stereocenters. The third kappa shape index (κ3) is 3.75. The van der Waals surface area contributed by atoms with E-state index in [1.165, 1.54) is 16.2 Å². The molecule has 8 heteroatoms. The van der Waals surface area contributed by atoms with Crippen LogP contribution in [0.5, 0.6) is 0 Å². The van der Waals surface area contributed by atoms with Crippen molar-refractivity contribution in [2.24, 2.45) is 0 Å². The van der Waals surface area contributed by atoms with Crippen LogP contribution >= 0.6 is 0 Å². The first kappa shape index (κ1) is 18.4. The smallest absolute Gasteiger partial charge is 0.403 e. The van der Waals surface area contributed by atoms with Gasteiger partial charge in [0, 0.05) is 31.7 Å². The summed E-state index contributed by atoms with van der Waals surface area (Å²) < 4.78 is 43.9. The van der Waals surface area contributed by atoms with Crippen LogP contribution in [0, 0.1) is 6.92 Å². The van der Waals surface area contributed by atoms with Gasteiger partial charge in [-0.15, -0.1) is 0 Å². The van der Waals surface area contributed by atoms with Crippen molar-refractivity contribution in [3.05, 3.63) is 41.9 Å². The number of carbonyl (C=O) groups excluding carboxylic acids is 1. The number of carbonyl (C=O) groups is 1. The fourth-order valence-electron chi connectivity index (χ4n) is 2.98. The van der Waals surface area contributed by atoms with Crippen molar-refractivity contribution in [3.8, 4) is 11.3 Å². The summed E-state index contributed by atoms with van der Waals surface area (Å²) in [6, 6.07) is 5.98. The highest BCUT2D eigenvalue weighted by Crippen LogP contribution is 2.27. The predicted molar refractivity (Wildman–Crippen MR) is 89.7 cm³/mol. The van der Waals surface area contributed by atoms with Gasteiger partial charge in [-0.3, -0.25) is 9.69 Å². The van der Waals surface area contributed by atoms with Crippen LogP contribution < -0.4 is 0 Å². The van der Waals surface area contributed by atoms with E-state index in [-0.39, 0.29) is 37.8 Å². The van der Waals surface area contributed by atoms with Gasteiger partial charge in [0.05, 0.1) is 0 Å². The molecule has 0 spiro atoms. The Balaban J connectivity index is 1.70. The number of piperazine rings is 1. The van der Waals surface area contributed by atoms with Crippen LogP contribution in [0.4, 0.5) is 13.2 Å². The molecule has 1 saturated heterocycles. The Kier molecular flexibility index (Phi) is 5.04. The maximum absolute atomic E-state index is 12.8. The molecule has 5 nitrogen and oxygen atoms in total. The number of halogens is 3. The van der Waals surface area contributed by atoms with Crippen molar-refractivity contribution in [3.63, 3.8) is 0 Å². The fourth-order valence-corrected chi connectivity index (χ4v) is 2.98. The normalized spacial score (nSPS) is 17.3. The molecule has 140 valence electrons. The van der Waals surface area contributed by atoms with Crippen molar-refractivity contribution >= 4 is 5.91 Å². The lowest BCUT2D eigenvalue weighted by Gasteiger charge is -2.38. The van der Waals surface area contributed by atoms with E-state index >= 15 is 0 Å². The van der Waals surface area contributed by atoms with Gasteiger partial charge in [0.15, 0.2) is 17.8 Å². The van der Waals surface area contributed by atoms with Crippen LogP contribution in [-0.4, -0.2) is 59.1 Å². The van der Waals surface area contributed by atoms with Gasteiger partial charge in [-0.2, -0.15) is 13.2 Å². The lowest BCUT2D eigenvalue weighted by molar-refractivity contribution is -0.181. The van der Waals surface area contributed by atoms with Crippen LogP contribution in [0.25, 0.3) is 11.3 Å². The summed E-state index contributed by atoms with van der Waals surface area (Å²) in [5.41, 5.74) is 2.00. The molecular formula is C18H20F3N3O2. The van der Waals surface area contributed by atoms with Gasteiger partial charge in [0.2, 0.25) is 0 Å². The number of nitrogens with zero attached hydrogens (tertiary/aromatic N) is 3. The third-order valence-corrected chi connectivity index (χ3v) is 4.71. The minimum atomic E-state index is -4.27. The van der Waals surface area contributed by atoms with E-state index in [9.17, 15) is 18.0 Å². The number of hydrogen-bond donors (Lipinski definition) is 0. The third-order valence-electron chi connectivity index (χ3n) is 4.71. The lowest BCUT2D eigenvalue weighted by Crippen LogP contribution is -2.54. The number of hydrogen-bond acceptors (Lipinski definition) is 4. The molecule has 1 atom stereocenters. The molecule has 1 aromatic carbocycles. The first-order valence-electron chi connectivity index (χ1n) is 8.38. The Bertz CT molecular complexity index is 763. The molecule has 0 bridgehead atoms. The van der Waals surface area contributed by atoms with E-state index in [0.29, 0.717) is 5.76 Å². The van der Waals surface area contributed by atoms with Gasteiger partial charge >= 0.3 is 6.18 Å². The highest BCUT2D eigenvalue weighted by molar-refractivity contribution is 5.97. The average Bonchev–Trinajstić information content (AvgIpc) is 3.10. The second-order valence-electron chi connectivity index (χ2n) is 6.44. The Morgan fingerprint density at radius 1 is 1.15 bits per heavy atom. The summed E-state index contributed by atoms with van der Waals surface area (Å²) in [5, 5.41) is 0. The minimum Gasteiger partial charge on any atom is -0.443 e. The standard InChI is InChI=1S/C18H20F3N3O2/c1-12-3-5-14(6-4-12)16-15(22-11-26-16)17(25)24-9-7-23(8-10-24)13(2)18(19,20)21/h3-6,11,13H,7-10H2,1-2H3. The van der Waals surface area contributed by atoms with Crippen LogP contribution in [0.1, 0.15) is 23.0 Å². The van der Waals surface area contributed by atoms with Crippen LogP contribution in [0.15, 0.2) is 35.1 Å². The van der Waals surface area contributed by atoms with Crippen molar-refractivity contribution in [2.45, 2.75) is 26.1 Å². The minimum absolute atomic E-state index is 0.171. The summed E-state index contributed by atoms with van der Waals surface area (Å²) in [6.45, 7) is 3.88. The highest BCUT2D eigenvalue weighted by atomic mass is 19.4. The predicted octanol–water partition coefficient (Wildman–Crippen LogP) is 3.36. The van der Waals surface area contributed by atoms with Crippen molar-refractivity contribution in [2.75, 3.05) is 26.2 Å². The van der Waals surface area contributed by atoms with Crippen molar-refractivity contribution in [1.29, 1.82) is 0 Å². The average molecular weight is 367 g/mol. The maximum Gasteiger partial charge on any atom is 0.403 e. The molecule has 1 aliphatic rings. The summed E-state index contributed by atoms with van der Waals surface area (Å²) in [6.07, 6.45) is -3.05. The number of rotatable bonds is 3. The van der Waals surface area contributed by atoms with Gasteiger partial charge < -0.3 is 9.32 Å². The molecule has 1 aliphatic heterocycles. The van der Waals surface area contributed by atoms with E-state index in [2.05, 4.69) is 4.98 Å². The number of aromatic nitrogens is 1. The van der Waals surface area contributed by atoms with Crippen LogP contribution in [-0.2, 0) is 0 Å². The van der Waals surface area contributed by atoms with Gasteiger partial charge in [-0.25, -0.2) is 4.98 Å². The van der Waals surface area contributed by atoms with E-state index in [0.717, 1.165) is 18.1 Å². The SMILES string of the molecule is Cc1ccc(-c2ocnc2C(=O)N2CCN(C(C)C(F)(F)F)CC2)cc1. The van der Waals surface area contributed by atoms with Gasteiger partial charge in [-0.1, -0.05) is 29.8 Å². The van der Waals surface area contributed by atoms with E-state index in [1.54, 1.807) is 0 Å². The van der Waals surface area contributed by atoms with Crippen molar-refractivity contribution < 1.29 is 22.4 Å². The number of alkyl halides is 3. The number of aryl methyl sites for hydroxylation is 1. The molecule has 3 rings (SSSR count). The molecule has 0 radical (unpaired) electrons. The summed E-state index contributed by atoms with van der Waals surface area (Å²) in [5.74, 6) is 0.0507. The molecule has 2 heterocycles. The van der Waals surface area contributed by atoms with E-state index in [4.69, 9.17) is 4.42 Å². The Morgan fingerprint density at radius 2 is 1.77 bits per heavy atom. The molecule has 0 aliphatic carbocycles. The van der Waals surface area contributed by atoms with Gasteiger partial charge in [-0.05, 0) is 13.8 Å². The molecule has 1 fully saturated rings. The summed E-state index contributed by atoms with van der Waals surface area (Å²) in [4.78, 5) is 19.7. The molecule has 1 amide bonds. The lowest BCUT2D eigenvalue weighted by atomic mass is 10.1. The summed E-state index contributed by atoms with van der Waals surface area (Å²) >= 11 is 0. The number of oxazole rings is 1. The highest BCUT2D eigenvalue weighted by Gasteiger charge is 2.41. The molecule has 1 aromatic heterocycles. The fraction of sp³-hybridized carbons (Fsp3) is 0.444. The first-order valence-corrected chi connectivity index (χ1v) is 8.38. The quantitative estimate of drug-likeness (QED) is 0.835. The second-order valence-corrected chi connectivity index (χ2v) is 6.44. The maximum atomic E-state index is 12.8.